The fourth-order valence-electron chi connectivity index (χ4n) is 1.52. The third kappa shape index (κ3) is 6.20. The number of hydrogen-bond donors (Lipinski definition) is 2. The van der Waals surface area contributed by atoms with Crippen LogP contribution in [0.2, 0.25) is 0 Å². The maximum atomic E-state index is 11.5. The van der Waals surface area contributed by atoms with Crippen LogP contribution in [0, 0.1) is 0 Å². The Labute approximate surface area is 119 Å². The van der Waals surface area contributed by atoms with Gasteiger partial charge in [0.1, 0.15) is 10.7 Å². The molecule has 1 aromatic carbocycles. The molecule has 0 aliphatic heterocycles. The molecule has 0 unspecified atom stereocenters. The molecule has 104 valence electrons. The Morgan fingerprint density at radius 1 is 1.32 bits per heavy atom. The first-order chi connectivity index (χ1) is 9.13. The standard InChI is InChI=1S/C14H20N2O2S/c1-2-3-4-9-16-13(17)10-18-12-7-5-11(6-8-12)14(15)19/h5-8H,2-4,9-10H2,1H3,(H2,15,19)(H,16,17). The molecule has 0 heterocycles. The Hall–Kier alpha value is -1.62. The number of nitrogens with one attached hydrogen (secondary N) is 1. The number of amides is 1. The molecule has 0 bridgehead atoms. The quantitative estimate of drug-likeness (QED) is 0.565. The zero-order chi connectivity index (χ0) is 14.1. The molecule has 0 radical (unpaired) electrons. The molecule has 4 nitrogen and oxygen atoms in total. The molecule has 0 aliphatic rings. The first-order valence-electron chi connectivity index (χ1n) is 6.43. The highest BCUT2D eigenvalue weighted by Crippen LogP contribution is 2.11. The SMILES string of the molecule is CCCCCNC(=O)COc1ccc(C(N)=S)cc1. The first-order valence-corrected chi connectivity index (χ1v) is 6.83. The zero-order valence-electron chi connectivity index (χ0n) is 11.1. The number of carbonyl (C=O) groups is 1. The third-order valence-corrected chi connectivity index (χ3v) is 2.85. The molecule has 0 spiro atoms. The number of nitrogens with two attached hydrogens (primary N) is 1. The average molecular weight is 280 g/mol. The Morgan fingerprint density at radius 3 is 2.58 bits per heavy atom. The van der Waals surface area contributed by atoms with Crippen molar-refractivity contribution in [2.45, 2.75) is 26.2 Å². The monoisotopic (exact) mass is 280 g/mol. The first kappa shape index (κ1) is 15.4. The number of hydrogen-bond acceptors (Lipinski definition) is 3. The molecule has 0 fully saturated rings. The zero-order valence-corrected chi connectivity index (χ0v) is 12.0. The summed E-state index contributed by atoms with van der Waals surface area (Å²) in [5, 5.41) is 2.81. The second kappa shape index (κ2) is 8.48. The predicted molar refractivity (Wildman–Crippen MR) is 80.4 cm³/mol. The van der Waals surface area contributed by atoms with Gasteiger partial charge >= 0.3 is 0 Å². The van der Waals surface area contributed by atoms with E-state index in [-0.39, 0.29) is 12.5 Å². The van der Waals surface area contributed by atoms with Gasteiger partial charge in [0.25, 0.3) is 5.91 Å². The van der Waals surface area contributed by atoms with E-state index in [1.54, 1.807) is 24.3 Å². The molecule has 0 saturated carbocycles. The normalized spacial score (nSPS) is 9.95. The molecule has 0 aromatic heterocycles. The van der Waals surface area contributed by atoms with Crippen LogP contribution < -0.4 is 15.8 Å². The van der Waals surface area contributed by atoms with Gasteiger partial charge < -0.3 is 15.8 Å². The number of ether oxygens (including phenoxy) is 1. The van der Waals surface area contributed by atoms with E-state index in [0.29, 0.717) is 17.3 Å². The van der Waals surface area contributed by atoms with E-state index in [1.807, 2.05) is 0 Å². The van der Waals surface area contributed by atoms with E-state index in [4.69, 9.17) is 22.7 Å². The van der Waals surface area contributed by atoms with Gasteiger partial charge in [-0.2, -0.15) is 0 Å². The van der Waals surface area contributed by atoms with E-state index in [9.17, 15) is 4.79 Å². The molecular weight excluding hydrogens is 260 g/mol. The Kier molecular flexibility index (Phi) is 6.89. The van der Waals surface area contributed by atoms with Crippen LogP contribution in [0.1, 0.15) is 31.7 Å². The summed E-state index contributed by atoms with van der Waals surface area (Å²) in [4.78, 5) is 11.8. The molecule has 0 atom stereocenters. The van der Waals surface area contributed by atoms with Crippen molar-refractivity contribution in [1.29, 1.82) is 0 Å². The van der Waals surface area contributed by atoms with Gasteiger partial charge in [0, 0.05) is 12.1 Å². The van der Waals surface area contributed by atoms with Gasteiger partial charge in [-0.05, 0) is 30.7 Å². The lowest BCUT2D eigenvalue weighted by molar-refractivity contribution is -0.123. The van der Waals surface area contributed by atoms with E-state index < -0.39 is 0 Å². The maximum Gasteiger partial charge on any atom is 0.257 e. The highest BCUT2D eigenvalue weighted by atomic mass is 32.1. The van der Waals surface area contributed by atoms with Gasteiger partial charge in [0.05, 0.1) is 0 Å². The summed E-state index contributed by atoms with van der Waals surface area (Å²) < 4.78 is 5.36. The number of carbonyl (C=O) groups excluding carboxylic acids is 1. The summed E-state index contributed by atoms with van der Waals surface area (Å²) in [6, 6.07) is 7.05. The molecule has 5 heteroatoms. The van der Waals surface area contributed by atoms with Crippen molar-refractivity contribution in [3.05, 3.63) is 29.8 Å². The number of rotatable bonds is 8. The lowest BCUT2D eigenvalue weighted by Crippen LogP contribution is -2.29. The topological polar surface area (TPSA) is 64.3 Å². The highest BCUT2D eigenvalue weighted by Gasteiger charge is 2.02. The molecule has 3 N–H and O–H groups in total. The summed E-state index contributed by atoms with van der Waals surface area (Å²) in [7, 11) is 0. The minimum Gasteiger partial charge on any atom is -0.484 e. The minimum atomic E-state index is -0.102. The van der Waals surface area contributed by atoms with E-state index in [0.717, 1.165) is 24.8 Å². The lowest BCUT2D eigenvalue weighted by atomic mass is 10.2. The summed E-state index contributed by atoms with van der Waals surface area (Å²) in [6.45, 7) is 2.86. The number of benzene rings is 1. The molecule has 1 aromatic rings. The second-order valence-electron chi connectivity index (χ2n) is 4.23. The van der Waals surface area contributed by atoms with Crippen LogP contribution in [-0.4, -0.2) is 24.0 Å². The van der Waals surface area contributed by atoms with Gasteiger partial charge in [-0.15, -0.1) is 0 Å². The van der Waals surface area contributed by atoms with Crippen LogP contribution in [0.5, 0.6) is 5.75 Å². The van der Waals surface area contributed by atoms with Crippen LogP contribution in [-0.2, 0) is 4.79 Å². The Morgan fingerprint density at radius 2 is 2.00 bits per heavy atom. The fraction of sp³-hybridized carbons (Fsp3) is 0.429. The van der Waals surface area contributed by atoms with Crippen LogP contribution in [0.4, 0.5) is 0 Å². The smallest absolute Gasteiger partial charge is 0.257 e. The summed E-state index contributed by atoms with van der Waals surface area (Å²) in [6.07, 6.45) is 3.27. The van der Waals surface area contributed by atoms with Crippen molar-refractivity contribution in [3.63, 3.8) is 0 Å². The van der Waals surface area contributed by atoms with E-state index in [2.05, 4.69) is 12.2 Å². The molecule has 0 aliphatic carbocycles. The Bertz CT molecular complexity index is 418. The highest BCUT2D eigenvalue weighted by molar-refractivity contribution is 7.80. The molecule has 1 rings (SSSR count). The van der Waals surface area contributed by atoms with Crippen LogP contribution >= 0.6 is 12.2 Å². The van der Waals surface area contributed by atoms with Crippen molar-refractivity contribution in [2.24, 2.45) is 5.73 Å². The lowest BCUT2D eigenvalue weighted by Gasteiger charge is -2.07. The van der Waals surface area contributed by atoms with E-state index >= 15 is 0 Å². The largest absolute Gasteiger partial charge is 0.484 e. The minimum absolute atomic E-state index is 0.0263. The van der Waals surface area contributed by atoms with Crippen molar-refractivity contribution in [3.8, 4) is 5.75 Å². The van der Waals surface area contributed by atoms with Crippen molar-refractivity contribution < 1.29 is 9.53 Å². The fourth-order valence-corrected chi connectivity index (χ4v) is 1.65. The maximum absolute atomic E-state index is 11.5. The third-order valence-electron chi connectivity index (χ3n) is 2.61. The van der Waals surface area contributed by atoms with Crippen LogP contribution in [0.15, 0.2) is 24.3 Å². The van der Waals surface area contributed by atoms with Gasteiger partial charge in [0.2, 0.25) is 0 Å². The summed E-state index contributed by atoms with van der Waals surface area (Å²) >= 11 is 4.85. The second-order valence-corrected chi connectivity index (χ2v) is 4.67. The van der Waals surface area contributed by atoms with Gasteiger partial charge in [-0.25, -0.2) is 0 Å². The molecule has 0 saturated heterocycles. The molecule has 1 amide bonds. The van der Waals surface area contributed by atoms with Crippen LogP contribution in [0.25, 0.3) is 0 Å². The van der Waals surface area contributed by atoms with Gasteiger partial charge in [-0.1, -0.05) is 32.0 Å². The summed E-state index contributed by atoms with van der Waals surface area (Å²) in [5.41, 5.74) is 6.28. The van der Waals surface area contributed by atoms with E-state index in [1.165, 1.54) is 0 Å². The van der Waals surface area contributed by atoms with Crippen molar-refractivity contribution in [1.82, 2.24) is 5.32 Å². The molecule has 19 heavy (non-hydrogen) atoms. The number of thiocarbonyl (C=S) groups is 1. The number of unbranched alkanes of at least 4 members (excludes halogenated alkanes) is 2. The van der Waals surface area contributed by atoms with Gasteiger partial charge in [-0.3, -0.25) is 4.79 Å². The Balaban J connectivity index is 2.28. The molecular formula is C14H20N2O2S. The van der Waals surface area contributed by atoms with Crippen LogP contribution in [0.3, 0.4) is 0 Å². The predicted octanol–water partition coefficient (Wildman–Crippen LogP) is 2.01. The van der Waals surface area contributed by atoms with Crippen molar-refractivity contribution >= 4 is 23.1 Å². The van der Waals surface area contributed by atoms with Crippen molar-refractivity contribution in [2.75, 3.05) is 13.2 Å². The summed E-state index contributed by atoms with van der Waals surface area (Å²) in [5.74, 6) is 0.526. The average Bonchev–Trinajstić information content (AvgIpc) is 2.42. The van der Waals surface area contributed by atoms with Gasteiger partial charge in [0.15, 0.2) is 6.61 Å².